The van der Waals surface area contributed by atoms with Crippen molar-refractivity contribution < 1.29 is 0 Å². The molecule has 0 atom stereocenters. The van der Waals surface area contributed by atoms with Gasteiger partial charge in [-0.2, -0.15) is 9.97 Å². The number of fused-ring (bicyclic) bond motifs is 6. The summed E-state index contributed by atoms with van der Waals surface area (Å²) < 4.78 is 4.55. The second kappa shape index (κ2) is 16.3. The lowest BCUT2D eigenvalue weighted by atomic mass is 9.98. The van der Waals surface area contributed by atoms with Crippen LogP contribution in [0.2, 0.25) is 0 Å². The van der Waals surface area contributed by atoms with Gasteiger partial charge in [-0.3, -0.25) is 4.57 Å². The fourth-order valence-corrected chi connectivity index (χ4v) is 9.71. The first kappa shape index (κ1) is 39.1. The third kappa shape index (κ3) is 6.82. The second-order valence-corrected chi connectivity index (χ2v) is 17.1. The molecule has 4 aromatic heterocycles. The lowest BCUT2D eigenvalue weighted by Crippen LogP contribution is -2.06. The molecule has 13 rings (SSSR count). The van der Waals surface area contributed by atoms with Crippen LogP contribution in [0.1, 0.15) is 0 Å². The van der Waals surface area contributed by atoms with Gasteiger partial charge in [-0.1, -0.05) is 182 Å². The van der Waals surface area contributed by atoms with Gasteiger partial charge in [-0.05, 0) is 82.9 Å². The molecule has 0 amide bonds. The van der Waals surface area contributed by atoms with Gasteiger partial charge < -0.3 is 4.57 Å². The summed E-state index contributed by atoms with van der Waals surface area (Å²) in [6.07, 6.45) is 0. The zero-order chi connectivity index (χ0) is 45.0. The van der Waals surface area contributed by atoms with E-state index in [-0.39, 0.29) is 0 Å². The average molecular weight is 869 g/mol. The predicted octanol–water partition coefficient (Wildman–Crippen LogP) is 15.5. The zero-order valence-corrected chi connectivity index (χ0v) is 36.8. The highest BCUT2D eigenvalue weighted by Crippen LogP contribution is 2.39. The molecule has 0 spiro atoms. The van der Waals surface area contributed by atoms with Crippen LogP contribution in [0.4, 0.5) is 0 Å². The fourth-order valence-electron chi connectivity index (χ4n) is 9.71. The Bertz CT molecular complexity index is 3820. The molecule has 0 aliphatic rings. The van der Waals surface area contributed by atoms with Crippen molar-refractivity contribution in [1.29, 1.82) is 0 Å². The molecule has 68 heavy (non-hydrogen) atoms. The summed E-state index contributed by atoms with van der Waals surface area (Å²) in [7, 11) is 0. The Kier molecular flexibility index (Phi) is 9.39. The highest BCUT2D eigenvalue weighted by atomic mass is 15.2. The van der Waals surface area contributed by atoms with Crippen molar-refractivity contribution in [2.75, 3.05) is 0 Å². The first-order valence-corrected chi connectivity index (χ1v) is 22.9. The summed E-state index contributed by atoms with van der Waals surface area (Å²) in [5.74, 6) is 1.76. The summed E-state index contributed by atoms with van der Waals surface area (Å²) in [5, 5.41) is 4.64. The number of pyridine rings is 1. The van der Waals surface area contributed by atoms with Gasteiger partial charge in [-0.15, -0.1) is 0 Å². The van der Waals surface area contributed by atoms with Crippen LogP contribution in [0.5, 0.6) is 0 Å². The van der Waals surface area contributed by atoms with E-state index >= 15 is 0 Å². The standard InChI is InChI=1S/C62H40N6/c1-5-17-41(18-6-1)48-39-54(43-19-7-2-8-20-43)63-55(40-48)47-32-36-59-53(38-47)52-37-46(42-29-33-49(34-30-42)67-56-27-15-13-25-50(56)51-26-14-16-28-57(51)67)31-35-58(52)68(59)62-65-60(44-21-9-3-10-22-44)64-61(66-62)45-23-11-4-12-24-45/h1-40H. The van der Waals surface area contributed by atoms with Gasteiger partial charge in [0.05, 0.1) is 33.5 Å². The van der Waals surface area contributed by atoms with E-state index < -0.39 is 0 Å². The molecule has 0 bridgehead atoms. The predicted molar refractivity (Wildman–Crippen MR) is 279 cm³/mol. The molecule has 0 aliphatic heterocycles. The van der Waals surface area contributed by atoms with Crippen molar-refractivity contribution in [1.82, 2.24) is 29.1 Å². The Morgan fingerprint density at radius 1 is 0.235 bits per heavy atom. The molecule has 0 aliphatic carbocycles. The highest BCUT2D eigenvalue weighted by molar-refractivity contribution is 6.12. The van der Waals surface area contributed by atoms with E-state index in [0.717, 1.165) is 83.4 Å². The maximum atomic E-state index is 5.33. The number of para-hydroxylation sites is 2. The smallest absolute Gasteiger partial charge is 0.238 e. The quantitative estimate of drug-likeness (QED) is 0.153. The second-order valence-electron chi connectivity index (χ2n) is 17.1. The van der Waals surface area contributed by atoms with Gasteiger partial charge in [0.2, 0.25) is 5.95 Å². The third-order valence-electron chi connectivity index (χ3n) is 13.0. The largest absolute Gasteiger partial charge is 0.309 e. The van der Waals surface area contributed by atoms with Crippen molar-refractivity contribution in [3.05, 3.63) is 243 Å². The summed E-state index contributed by atoms with van der Waals surface area (Å²) in [6.45, 7) is 0. The summed E-state index contributed by atoms with van der Waals surface area (Å²) in [5.41, 5.74) is 15.7. The van der Waals surface area contributed by atoms with E-state index in [2.05, 4.69) is 185 Å². The Morgan fingerprint density at radius 2 is 0.647 bits per heavy atom. The molecule has 0 saturated heterocycles. The average Bonchev–Trinajstić information content (AvgIpc) is 3.94. The van der Waals surface area contributed by atoms with Crippen LogP contribution in [0.3, 0.4) is 0 Å². The van der Waals surface area contributed by atoms with Crippen molar-refractivity contribution in [2.24, 2.45) is 0 Å². The Labute approximate surface area is 392 Å². The Hall–Kier alpha value is -9.26. The number of aromatic nitrogens is 6. The van der Waals surface area contributed by atoms with Crippen molar-refractivity contribution in [3.63, 3.8) is 0 Å². The molecule has 9 aromatic carbocycles. The van der Waals surface area contributed by atoms with Crippen LogP contribution in [0, 0.1) is 0 Å². The van der Waals surface area contributed by atoms with Gasteiger partial charge in [0.1, 0.15) is 0 Å². The normalized spacial score (nSPS) is 11.5. The highest BCUT2D eigenvalue weighted by Gasteiger charge is 2.20. The molecule has 6 nitrogen and oxygen atoms in total. The van der Waals surface area contributed by atoms with E-state index in [1.165, 1.54) is 21.8 Å². The van der Waals surface area contributed by atoms with Gasteiger partial charge in [0, 0.05) is 49.5 Å². The van der Waals surface area contributed by atoms with E-state index in [1.54, 1.807) is 0 Å². The fraction of sp³-hybridized carbons (Fsp3) is 0. The molecule has 0 saturated carbocycles. The number of hydrogen-bond donors (Lipinski definition) is 0. The molecular weight excluding hydrogens is 829 g/mol. The van der Waals surface area contributed by atoms with E-state index in [9.17, 15) is 0 Å². The van der Waals surface area contributed by atoms with Gasteiger partial charge in [-0.25, -0.2) is 9.97 Å². The van der Waals surface area contributed by atoms with E-state index in [4.69, 9.17) is 19.9 Å². The topological polar surface area (TPSA) is 61.4 Å². The Balaban J connectivity index is 1.01. The number of rotatable bonds is 8. The van der Waals surface area contributed by atoms with Crippen LogP contribution in [-0.4, -0.2) is 29.1 Å². The summed E-state index contributed by atoms with van der Waals surface area (Å²) in [4.78, 5) is 20.8. The van der Waals surface area contributed by atoms with Crippen molar-refractivity contribution in [2.45, 2.75) is 0 Å². The number of benzene rings is 9. The molecule has 6 heteroatoms. The zero-order valence-electron chi connectivity index (χ0n) is 36.8. The lowest BCUT2D eigenvalue weighted by Gasteiger charge is -2.12. The molecular formula is C62H40N6. The minimum absolute atomic E-state index is 0.546. The monoisotopic (exact) mass is 868 g/mol. The molecule has 4 heterocycles. The third-order valence-corrected chi connectivity index (χ3v) is 13.0. The first-order valence-electron chi connectivity index (χ1n) is 22.9. The maximum Gasteiger partial charge on any atom is 0.238 e. The molecule has 0 unspecified atom stereocenters. The molecule has 13 aromatic rings. The molecule has 0 fully saturated rings. The number of nitrogens with zero attached hydrogens (tertiary/aromatic N) is 6. The van der Waals surface area contributed by atoms with Crippen LogP contribution in [0.15, 0.2) is 243 Å². The first-order chi connectivity index (χ1) is 33.7. The van der Waals surface area contributed by atoms with Crippen LogP contribution in [0.25, 0.3) is 123 Å². The van der Waals surface area contributed by atoms with Crippen LogP contribution < -0.4 is 0 Å². The summed E-state index contributed by atoms with van der Waals surface area (Å²) in [6, 6.07) is 85.2. The molecule has 0 N–H and O–H groups in total. The van der Waals surface area contributed by atoms with E-state index in [1.807, 2.05) is 66.7 Å². The Morgan fingerprint density at radius 3 is 1.21 bits per heavy atom. The van der Waals surface area contributed by atoms with Gasteiger partial charge >= 0.3 is 0 Å². The summed E-state index contributed by atoms with van der Waals surface area (Å²) >= 11 is 0. The van der Waals surface area contributed by atoms with E-state index in [0.29, 0.717) is 17.6 Å². The number of hydrogen-bond acceptors (Lipinski definition) is 4. The minimum Gasteiger partial charge on any atom is -0.309 e. The van der Waals surface area contributed by atoms with Crippen LogP contribution >= 0.6 is 0 Å². The lowest BCUT2D eigenvalue weighted by molar-refractivity contribution is 0.953. The molecule has 0 radical (unpaired) electrons. The van der Waals surface area contributed by atoms with Crippen molar-refractivity contribution >= 4 is 43.6 Å². The van der Waals surface area contributed by atoms with Gasteiger partial charge in [0.15, 0.2) is 11.6 Å². The SMILES string of the molecule is c1ccc(-c2cc(-c3ccccc3)nc(-c3ccc4c(c3)c3cc(-c5ccc(-n6c7ccccc7c7ccccc76)cc5)ccc3n4-c3nc(-c4ccccc4)nc(-c4ccccc4)n3)c2)cc1. The van der Waals surface area contributed by atoms with Crippen molar-refractivity contribution in [3.8, 4) is 79.2 Å². The minimum atomic E-state index is 0.546. The maximum absolute atomic E-state index is 5.33. The van der Waals surface area contributed by atoms with Gasteiger partial charge in [0.25, 0.3) is 0 Å². The van der Waals surface area contributed by atoms with Crippen LogP contribution in [-0.2, 0) is 0 Å². The molecule has 318 valence electrons.